The summed E-state index contributed by atoms with van der Waals surface area (Å²) in [6, 6.07) is 15.7. The molecular formula is C22H17BrClF3N2O3S2. The molecule has 3 rings (SSSR count). The summed E-state index contributed by atoms with van der Waals surface area (Å²) in [4.78, 5) is 12.0. The van der Waals surface area contributed by atoms with Crippen molar-refractivity contribution in [2.45, 2.75) is 16.8 Å². The van der Waals surface area contributed by atoms with Crippen molar-refractivity contribution in [2.75, 3.05) is 15.8 Å². The lowest BCUT2D eigenvalue weighted by atomic mass is 10.2. The largest absolute Gasteiger partial charge is 0.417 e. The molecule has 5 nitrogen and oxygen atoms in total. The molecule has 180 valence electrons. The molecule has 0 atom stereocenters. The van der Waals surface area contributed by atoms with Crippen LogP contribution in [0.3, 0.4) is 0 Å². The van der Waals surface area contributed by atoms with Gasteiger partial charge in [0.15, 0.2) is 0 Å². The molecule has 0 aromatic heterocycles. The number of rotatable bonds is 8. The lowest BCUT2D eigenvalue weighted by Gasteiger charge is -2.13. The van der Waals surface area contributed by atoms with E-state index in [9.17, 15) is 26.4 Å². The summed E-state index contributed by atoms with van der Waals surface area (Å²) in [6.07, 6.45) is -4.73. The second-order valence-electron chi connectivity index (χ2n) is 6.95. The Morgan fingerprint density at radius 2 is 1.65 bits per heavy atom. The van der Waals surface area contributed by atoms with Crippen LogP contribution in [-0.2, 0) is 26.7 Å². The van der Waals surface area contributed by atoms with Crippen molar-refractivity contribution in [3.05, 3.63) is 87.4 Å². The Balaban J connectivity index is 1.60. The lowest BCUT2D eigenvalue weighted by molar-refractivity contribution is -0.137. The van der Waals surface area contributed by atoms with Gasteiger partial charge in [-0.25, -0.2) is 8.42 Å². The van der Waals surface area contributed by atoms with E-state index in [0.29, 0.717) is 17.5 Å². The Hall–Kier alpha value is -2.21. The molecule has 0 aliphatic carbocycles. The highest BCUT2D eigenvalue weighted by molar-refractivity contribution is 9.10. The van der Waals surface area contributed by atoms with E-state index in [0.717, 1.165) is 22.2 Å². The van der Waals surface area contributed by atoms with Gasteiger partial charge in [-0.15, -0.1) is 11.8 Å². The zero-order chi connectivity index (χ0) is 24.9. The topological polar surface area (TPSA) is 75.3 Å². The number of nitrogens with one attached hydrogen (secondary N) is 2. The quantitative estimate of drug-likeness (QED) is 0.301. The van der Waals surface area contributed by atoms with E-state index in [1.807, 2.05) is 24.3 Å². The van der Waals surface area contributed by atoms with Crippen LogP contribution in [0.1, 0.15) is 11.1 Å². The smallest absolute Gasteiger partial charge is 0.325 e. The van der Waals surface area contributed by atoms with E-state index in [-0.39, 0.29) is 22.2 Å². The Kier molecular flexibility index (Phi) is 8.56. The summed E-state index contributed by atoms with van der Waals surface area (Å²) >= 11 is 10.4. The number of benzene rings is 3. The molecule has 0 unspecified atom stereocenters. The first-order chi connectivity index (χ1) is 16.0. The van der Waals surface area contributed by atoms with Gasteiger partial charge in [0.25, 0.3) is 10.0 Å². The number of alkyl halides is 3. The van der Waals surface area contributed by atoms with Crippen LogP contribution in [0, 0.1) is 0 Å². The second-order valence-corrected chi connectivity index (χ2v) is 10.9. The fraction of sp³-hybridized carbons (Fsp3) is 0.136. The first-order valence-electron chi connectivity index (χ1n) is 9.56. The molecule has 0 heterocycles. The number of sulfonamides is 1. The van der Waals surface area contributed by atoms with Crippen LogP contribution in [0.5, 0.6) is 0 Å². The summed E-state index contributed by atoms with van der Waals surface area (Å²) in [6.45, 7) is 0. The van der Waals surface area contributed by atoms with Gasteiger partial charge in [0.2, 0.25) is 5.91 Å². The molecule has 0 aliphatic heterocycles. The third-order valence-electron chi connectivity index (χ3n) is 4.42. The second kappa shape index (κ2) is 11.0. The molecule has 0 radical (unpaired) electrons. The van der Waals surface area contributed by atoms with Gasteiger partial charge < -0.3 is 5.32 Å². The number of hydrogen-bond donors (Lipinski definition) is 2. The van der Waals surface area contributed by atoms with E-state index < -0.39 is 26.8 Å². The maximum absolute atomic E-state index is 13.0. The first kappa shape index (κ1) is 26.4. The third-order valence-corrected chi connectivity index (χ3v) is 7.90. The van der Waals surface area contributed by atoms with Gasteiger partial charge in [-0.05, 0) is 54.1 Å². The number of carbonyl (C=O) groups excluding carboxylic acids is 1. The van der Waals surface area contributed by atoms with Crippen molar-refractivity contribution < 1.29 is 26.4 Å². The fourth-order valence-corrected chi connectivity index (χ4v) is 5.52. The maximum atomic E-state index is 13.0. The van der Waals surface area contributed by atoms with Crippen molar-refractivity contribution in [3.8, 4) is 0 Å². The fourth-order valence-electron chi connectivity index (χ4n) is 2.80. The lowest BCUT2D eigenvalue weighted by Crippen LogP contribution is -2.16. The van der Waals surface area contributed by atoms with Crippen molar-refractivity contribution >= 4 is 66.6 Å². The minimum absolute atomic E-state index is 0.183. The summed E-state index contributed by atoms with van der Waals surface area (Å²) in [5, 5.41) is 2.14. The highest BCUT2D eigenvalue weighted by Crippen LogP contribution is 2.36. The van der Waals surface area contributed by atoms with Crippen molar-refractivity contribution in [1.82, 2.24) is 0 Å². The molecule has 0 aliphatic rings. The van der Waals surface area contributed by atoms with E-state index in [1.54, 1.807) is 0 Å². The monoisotopic (exact) mass is 592 g/mol. The van der Waals surface area contributed by atoms with Gasteiger partial charge >= 0.3 is 6.18 Å². The van der Waals surface area contributed by atoms with E-state index in [1.165, 1.54) is 36.0 Å². The average Bonchev–Trinajstić information content (AvgIpc) is 2.76. The molecule has 1 amide bonds. The SMILES string of the molecule is O=C(CSCc1ccccc1Br)Nc1ccc(S(=O)(=O)Nc2ccc(Cl)c(C(F)(F)F)c2)cc1. The van der Waals surface area contributed by atoms with Gasteiger partial charge in [0.1, 0.15) is 0 Å². The summed E-state index contributed by atoms with van der Waals surface area (Å²) in [7, 11) is -4.16. The van der Waals surface area contributed by atoms with Gasteiger partial charge in [-0.3, -0.25) is 9.52 Å². The molecule has 2 N–H and O–H groups in total. The van der Waals surface area contributed by atoms with Gasteiger partial charge in [0.05, 0.1) is 21.2 Å². The molecule has 0 bridgehead atoms. The van der Waals surface area contributed by atoms with E-state index in [2.05, 4.69) is 26.0 Å². The predicted molar refractivity (Wildman–Crippen MR) is 133 cm³/mol. The first-order valence-corrected chi connectivity index (χ1v) is 13.4. The van der Waals surface area contributed by atoms with Crippen LogP contribution in [0.2, 0.25) is 5.02 Å². The summed E-state index contributed by atoms with van der Waals surface area (Å²) < 4.78 is 67.2. The van der Waals surface area contributed by atoms with Crippen LogP contribution < -0.4 is 10.0 Å². The Morgan fingerprint density at radius 3 is 2.29 bits per heavy atom. The third kappa shape index (κ3) is 7.14. The number of hydrogen-bond acceptors (Lipinski definition) is 4. The predicted octanol–water partition coefficient (Wildman–Crippen LogP) is 6.79. The Labute approximate surface area is 212 Å². The minimum Gasteiger partial charge on any atom is -0.325 e. The molecule has 0 fully saturated rings. The number of thioether (sulfide) groups is 1. The number of halogens is 5. The van der Waals surface area contributed by atoms with Crippen molar-refractivity contribution in [3.63, 3.8) is 0 Å². The number of amides is 1. The highest BCUT2D eigenvalue weighted by Gasteiger charge is 2.33. The molecule has 0 saturated heterocycles. The zero-order valence-electron chi connectivity index (χ0n) is 17.2. The molecule has 0 saturated carbocycles. The summed E-state index contributed by atoms with van der Waals surface area (Å²) in [5.74, 6) is 0.575. The van der Waals surface area contributed by atoms with Crippen molar-refractivity contribution in [2.24, 2.45) is 0 Å². The normalized spacial score (nSPS) is 11.8. The number of carbonyl (C=O) groups is 1. The van der Waals surface area contributed by atoms with E-state index >= 15 is 0 Å². The molecule has 3 aromatic carbocycles. The van der Waals surface area contributed by atoms with Crippen LogP contribution in [0.15, 0.2) is 76.1 Å². The van der Waals surface area contributed by atoms with Crippen molar-refractivity contribution in [1.29, 1.82) is 0 Å². The van der Waals surface area contributed by atoms with Gasteiger partial charge in [-0.1, -0.05) is 45.7 Å². The Bertz CT molecular complexity index is 1290. The van der Waals surface area contributed by atoms with Crippen LogP contribution in [0.4, 0.5) is 24.5 Å². The minimum atomic E-state index is -4.73. The Morgan fingerprint density at radius 1 is 1.00 bits per heavy atom. The van der Waals surface area contributed by atoms with Crippen LogP contribution in [0.25, 0.3) is 0 Å². The van der Waals surface area contributed by atoms with E-state index in [4.69, 9.17) is 11.6 Å². The van der Waals surface area contributed by atoms with Gasteiger partial charge in [-0.2, -0.15) is 13.2 Å². The average molecular weight is 594 g/mol. The van der Waals surface area contributed by atoms with Crippen LogP contribution in [-0.4, -0.2) is 20.1 Å². The van der Waals surface area contributed by atoms with Crippen LogP contribution >= 0.6 is 39.3 Å². The zero-order valence-corrected chi connectivity index (χ0v) is 21.2. The van der Waals surface area contributed by atoms with Gasteiger partial charge in [0, 0.05) is 21.6 Å². The summed E-state index contributed by atoms with van der Waals surface area (Å²) in [5.41, 5.74) is 0.0165. The molecular weight excluding hydrogens is 577 g/mol. The molecule has 34 heavy (non-hydrogen) atoms. The molecule has 12 heteroatoms. The molecule has 3 aromatic rings. The molecule has 0 spiro atoms. The number of anilines is 2. The standard InChI is InChI=1S/C22H17BrClF3N2O3S2/c23-19-4-2-1-3-14(19)12-33-13-21(30)28-15-5-8-17(9-6-15)34(31,32)29-16-7-10-20(24)18(11-16)22(25,26)27/h1-11,29H,12-13H2,(H,28,30). The highest BCUT2D eigenvalue weighted by atomic mass is 79.9. The maximum Gasteiger partial charge on any atom is 0.417 e.